The van der Waals surface area contributed by atoms with E-state index in [9.17, 15) is 9.59 Å². The van der Waals surface area contributed by atoms with Crippen molar-refractivity contribution in [1.29, 1.82) is 0 Å². The zero-order valence-corrected chi connectivity index (χ0v) is 8.86. The van der Waals surface area contributed by atoms with Gasteiger partial charge in [0.25, 0.3) is 0 Å². The van der Waals surface area contributed by atoms with Crippen LogP contribution in [0.5, 0.6) is 0 Å². The molecule has 0 radical (unpaired) electrons. The van der Waals surface area contributed by atoms with Crippen molar-refractivity contribution >= 4 is 12.0 Å². The first-order valence-electron chi connectivity index (χ1n) is 5.03. The third-order valence-corrected chi connectivity index (χ3v) is 2.32. The molecule has 1 unspecified atom stereocenters. The van der Waals surface area contributed by atoms with Crippen molar-refractivity contribution < 1.29 is 14.3 Å². The van der Waals surface area contributed by atoms with Crippen molar-refractivity contribution in [1.82, 2.24) is 10.2 Å². The summed E-state index contributed by atoms with van der Waals surface area (Å²) >= 11 is 0. The van der Waals surface area contributed by atoms with Crippen LogP contribution in [-0.2, 0) is 9.53 Å². The number of nitrogens with two attached hydrogens (primary N) is 1. The Hall–Kier alpha value is -1.30. The fourth-order valence-corrected chi connectivity index (χ4v) is 1.44. The van der Waals surface area contributed by atoms with E-state index in [0.29, 0.717) is 32.5 Å². The number of amides is 2. The van der Waals surface area contributed by atoms with Gasteiger partial charge in [-0.15, -0.1) is 0 Å². The number of hydrogen-bond donors (Lipinski definition) is 2. The second kappa shape index (κ2) is 5.55. The van der Waals surface area contributed by atoms with Crippen LogP contribution in [0, 0.1) is 0 Å². The molecule has 2 amide bonds. The van der Waals surface area contributed by atoms with Crippen molar-refractivity contribution in [3.63, 3.8) is 0 Å². The Balaban J connectivity index is 2.22. The predicted molar refractivity (Wildman–Crippen MR) is 54.2 cm³/mol. The molecule has 0 spiro atoms. The van der Waals surface area contributed by atoms with E-state index in [1.54, 1.807) is 11.9 Å². The van der Waals surface area contributed by atoms with Gasteiger partial charge in [0.2, 0.25) is 5.91 Å². The molecule has 1 heterocycles. The third-order valence-electron chi connectivity index (χ3n) is 2.32. The molecule has 6 nitrogen and oxygen atoms in total. The largest absolute Gasteiger partial charge is 0.443 e. The van der Waals surface area contributed by atoms with E-state index in [4.69, 9.17) is 10.5 Å². The van der Waals surface area contributed by atoms with E-state index in [2.05, 4.69) is 5.32 Å². The zero-order chi connectivity index (χ0) is 11.3. The molecule has 1 saturated heterocycles. The quantitative estimate of drug-likeness (QED) is 0.634. The van der Waals surface area contributed by atoms with E-state index in [-0.39, 0.29) is 18.1 Å². The Morgan fingerprint density at radius 1 is 1.73 bits per heavy atom. The van der Waals surface area contributed by atoms with Gasteiger partial charge in [0, 0.05) is 26.6 Å². The van der Waals surface area contributed by atoms with E-state index >= 15 is 0 Å². The van der Waals surface area contributed by atoms with E-state index in [0.717, 1.165) is 0 Å². The maximum atomic E-state index is 11.2. The van der Waals surface area contributed by atoms with Gasteiger partial charge < -0.3 is 20.7 Å². The van der Waals surface area contributed by atoms with Crippen LogP contribution in [-0.4, -0.2) is 49.7 Å². The molecule has 3 N–H and O–H groups in total. The lowest BCUT2D eigenvalue weighted by Gasteiger charge is -2.11. The summed E-state index contributed by atoms with van der Waals surface area (Å²) in [7, 11) is 1.59. The van der Waals surface area contributed by atoms with Gasteiger partial charge in [-0.2, -0.15) is 0 Å². The number of nitrogens with one attached hydrogen (secondary N) is 1. The smallest absolute Gasteiger partial charge is 0.410 e. The van der Waals surface area contributed by atoms with Gasteiger partial charge in [-0.25, -0.2) is 4.79 Å². The summed E-state index contributed by atoms with van der Waals surface area (Å²) in [5.41, 5.74) is 5.39. The lowest BCUT2D eigenvalue weighted by molar-refractivity contribution is -0.120. The third kappa shape index (κ3) is 3.39. The maximum absolute atomic E-state index is 11.2. The Morgan fingerprint density at radius 2 is 2.47 bits per heavy atom. The summed E-state index contributed by atoms with van der Waals surface area (Å²) in [4.78, 5) is 23.7. The first kappa shape index (κ1) is 11.8. The van der Waals surface area contributed by atoms with Gasteiger partial charge in [-0.05, 0) is 6.42 Å². The van der Waals surface area contributed by atoms with E-state index in [1.165, 1.54) is 0 Å². The normalized spacial score (nSPS) is 20.3. The van der Waals surface area contributed by atoms with Gasteiger partial charge in [0.05, 0.1) is 6.54 Å². The van der Waals surface area contributed by atoms with Crippen molar-refractivity contribution in [3.05, 3.63) is 0 Å². The Morgan fingerprint density at radius 3 is 3.00 bits per heavy atom. The topological polar surface area (TPSA) is 84.7 Å². The first-order valence-corrected chi connectivity index (χ1v) is 5.03. The lowest BCUT2D eigenvalue weighted by Crippen LogP contribution is -2.29. The molecule has 0 aromatic carbocycles. The minimum Gasteiger partial charge on any atom is -0.443 e. The zero-order valence-electron chi connectivity index (χ0n) is 8.86. The minimum absolute atomic E-state index is 0.0158. The highest BCUT2D eigenvalue weighted by Gasteiger charge is 2.29. The van der Waals surface area contributed by atoms with Crippen molar-refractivity contribution in [2.24, 2.45) is 5.73 Å². The molecule has 0 bridgehead atoms. The minimum atomic E-state index is -0.331. The molecular weight excluding hydrogens is 198 g/mol. The number of cyclic esters (lactones) is 1. The molecular formula is C9H17N3O3. The van der Waals surface area contributed by atoms with Crippen LogP contribution in [0.2, 0.25) is 0 Å². The van der Waals surface area contributed by atoms with Crippen LogP contribution in [0.4, 0.5) is 4.79 Å². The lowest BCUT2D eigenvalue weighted by atomic mass is 10.2. The molecule has 0 aromatic heterocycles. The summed E-state index contributed by atoms with van der Waals surface area (Å²) in [5.74, 6) is -0.0158. The van der Waals surface area contributed by atoms with Crippen molar-refractivity contribution in [2.45, 2.75) is 18.9 Å². The first-order chi connectivity index (χ1) is 7.17. The molecule has 86 valence electrons. The second-order valence-corrected chi connectivity index (χ2v) is 3.46. The standard InChI is InChI=1S/C9H17N3O3/c1-11-8(13)3-2-4-12-6-7(5-10)15-9(12)14/h7H,2-6,10H2,1H3,(H,11,13). The second-order valence-electron chi connectivity index (χ2n) is 3.46. The van der Waals surface area contributed by atoms with Gasteiger partial charge >= 0.3 is 6.09 Å². The summed E-state index contributed by atoms with van der Waals surface area (Å²) in [6.07, 6.45) is 0.541. The van der Waals surface area contributed by atoms with E-state index in [1.807, 2.05) is 0 Å². The summed E-state index contributed by atoms with van der Waals surface area (Å²) in [6, 6.07) is 0. The molecule has 6 heteroatoms. The van der Waals surface area contributed by atoms with Gasteiger partial charge in [0.15, 0.2) is 0 Å². The van der Waals surface area contributed by atoms with Crippen LogP contribution < -0.4 is 11.1 Å². The van der Waals surface area contributed by atoms with Crippen LogP contribution in [0.3, 0.4) is 0 Å². The molecule has 1 atom stereocenters. The van der Waals surface area contributed by atoms with Gasteiger partial charge in [0.1, 0.15) is 6.10 Å². The summed E-state index contributed by atoms with van der Waals surface area (Å²) < 4.78 is 4.97. The van der Waals surface area contributed by atoms with Crippen LogP contribution in [0.1, 0.15) is 12.8 Å². The molecule has 15 heavy (non-hydrogen) atoms. The number of carbonyl (C=O) groups is 2. The number of hydrogen-bond acceptors (Lipinski definition) is 4. The SMILES string of the molecule is CNC(=O)CCCN1CC(CN)OC1=O. The number of rotatable bonds is 5. The van der Waals surface area contributed by atoms with Crippen LogP contribution in [0.25, 0.3) is 0 Å². The highest BCUT2D eigenvalue weighted by Crippen LogP contribution is 2.10. The average molecular weight is 215 g/mol. The fraction of sp³-hybridized carbons (Fsp3) is 0.778. The molecule has 0 saturated carbocycles. The van der Waals surface area contributed by atoms with Crippen molar-refractivity contribution in [3.8, 4) is 0 Å². The number of nitrogens with zero attached hydrogens (tertiary/aromatic N) is 1. The maximum Gasteiger partial charge on any atom is 0.410 e. The number of carbonyl (C=O) groups excluding carboxylic acids is 2. The molecule has 0 aliphatic carbocycles. The summed E-state index contributed by atoms with van der Waals surface area (Å²) in [6.45, 7) is 1.42. The molecule has 1 aliphatic heterocycles. The van der Waals surface area contributed by atoms with Crippen LogP contribution in [0.15, 0.2) is 0 Å². The van der Waals surface area contributed by atoms with Gasteiger partial charge in [-0.3, -0.25) is 4.79 Å². The predicted octanol–water partition coefficient (Wildman–Crippen LogP) is -0.708. The van der Waals surface area contributed by atoms with Crippen molar-refractivity contribution in [2.75, 3.05) is 26.7 Å². The monoisotopic (exact) mass is 215 g/mol. The molecule has 0 aromatic rings. The number of ether oxygens (including phenoxy) is 1. The fourth-order valence-electron chi connectivity index (χ4n) is 1.44. The Labute approximate surface area is 88.7 Å². The Bertz CT molecular complexity index is 245. The average Bonchev–Trinajstić information content (AvgIpc) is 2.59. The van der Waals surface area contributed by atoms with Crippen LogP contribution >= 0.6 is 0 Å². The Kier molecular flexibility index (Phi) is 4.36. The molecule has 1 rings (SSSR count). The van der Waals surface area contributed by atoms with E-state index < -0.39 is 0 Å². The highest BCUT2D eigenvalue weighted by atomic mass is 16.6. The molecule has 1 aliphatic rings. The summed E-state index contributed by atoms with van der Waals surface area (Å²) in [5, 5.41) is 2.53. The highest BCUT2D eigenvalue weighted by molar-refractivity contribution is 5.75. The van der Waals surface area contributed by atoms with Gasteiger partial charge in [-0.1, -0.05) is 0 Å². The molecule has 1 fully saturated rings.